The molecular weight excluding hydrogens is 247 g/mol. The standard InChI is InChI=1S/C10H8Cl2N4/c11-7-2-1-6(3-8(7)12)16-10-4-9(13)14-5-15-10/h1-5H,(H3,13,14,15,16). The third-order valence-electron chi connectivity index (χ3n) is 1.88. The molecule has 6 heteroatoms. The van der Waals surface area contributed by atoms with E-state index in [1.165, 1.54) is 6.33 Å². The summed E-state index contributed by atoms with van der Waals surface area (Å²) in [5.74, 6) is 1.00. The highest BCUT2D eigenvalue weighted by Gasteiger charge is 2.01. The number of benzene rings is 1. The van der Waals surface area contributed by atoms with Crippen LogP contribution in [0.3, 0.4) is 0 Å². The Morgan fingerprint density at radius 2 is 1.88 bits per heavy atom. The lowest BCUT2D eigenvalue weighted by atomic mass is 10.3. The summed E-state index contributed by atoms with van der Waals surface area (Å²) in [4.78, 5) is 7.80. The van der Waals surface area contributed by atoms with Crippen molar-refractivity contribution < 1.29 is 0 Å². The Labute approximate surface area is 102 Å². The molecular formula is C10H8Cl2N4. The highest BCUT2D eigenvalue weighted by molar-refractivity contribution is 6.42. The van der Waals surface area contributed by atoms with Gasteiger partial charge in [0.05, 0.1) is 10.0 Å². The van der Waals surface area contributed by atoms with E-state index in [9.17, 15) is 0 Å². The monoisotopic (exact) mass is 254 g/mol. The fourth-order valence-corrected chi connectivity index (χ4v) is 1.46. The van der Waals surface area contributed by atoms with Gasteiger partial charge in [-0.15, -0.1) is 0 Å². The fraction of sp³-hybridized carbons (Fsp3) is 0. The molecule has 0 unspecified atom stereocenters. The maximum absolute atomic E-state index is 5.88. The Kier molecular flexibility index (Phi) is 3.12. The Hall–Kier alpha value is -1.52. The molecule has 0 aliphatic rings. The number of nitrogens with one attached hydrogen (secondary N) is 1. The van der Waals surface area contributed by atoms with Gasteiger partial charge in [0.25, 0.3) is 0 Å². The van der Waals surface area contributed by atoms with Crippen molar-refractivity contribution in [3.8, 4) is 0 Å². The highest BCUT2D eigenvalue weighted by Crippen LogP contribution is 2.26. The number of rotatable bonds is 2. The molecule has 16 heavy (non-hydrogen) atoms. The van der Waals surface area contributed by atoms with E-state index in [0.29, 0.717) is 21.7 Å². The van der Waals surface area contributed by atoms with Crippen LogP contribution >= 0.6 is 23.2 Å². The lowest BCUT2D eigenvalue weighted by Gasteiger charge is -2.06. The first kappa shape index (κ1) is 11.0. The highest BCUT2D eigenvalue weighted by atomic mass is 35.5. The molecule has 0 aliphatic heterocycles. The molecule has 3 N–H and O–H groups in total. The molecule has 0 amide bonds. The zero-order chi connectivity index (χ0) is 11.5. The molecule has 1 aromatic carbocycles. The number of nitrogens with zero attached hydrogens (tertiary/aromatic N) is 2. The van der Waals surface area contributed by atoms with Crippen LogP contribution in [0.15, 0.2) is 30.6 Å². The number of aromatic nitrogens is 2. The molecule has 0 fully saturated rings. The van der Waals surface area contributed by atoms with Crippen LogP contribution in [-0.4, -0.2) is 9.97 Å². The molecule has 2 rings (SSSR count). The first-order valence-corrected chi connectivity index (χ1v) is 5.20. The van der Waals surface area contributed by atoms with Crippen LogP contribution < -0.4 is 11.1 Å². The summed E-state index contributed by atoms with van der Waals surface area (Å²) < 4.78 is 0. The van der Waals surface area contributed by atoms with Gasteiger partial charge in [0.15, 0.2) is 0 Å². The topological polar surface area (TPSA) is 63.8 Å². The number of hydrogen-bond donors (Lipinski definition) is 2. The molecule has 0 aliphatic carbocycles. The summed E-state index contributed by atoms with van der Waals surface area (Å²) >= 11 is 11.7. The summed E-state index contributed by atoms with van der Waals surface area (Å²) in [5.41, 5.74) is 6.31. The minimum atomic E-state index is 0.401. The van der Waals surface area contributed by atoms with E-state index in [-0.39, 0.29) is 0 Å². The normalized spacial score (nSPS) is 10.1. The maximum atomic E-state index is 5.88. The number of anilines is 3. The van der Waals surface area contributed by atoms with Crippen LogP contribution in [0.4, 0.5) is 17.3 Å². The van der Waals surface area contributed by atoms with Crippen molar-refractivity contribution >= 4 is 40.5 Å². The van der Waals surface area contributed by atoms with Gasteiger partial charge in [-0.25, -0.2) is 9.97 Å². The molecule has 2 aromatic rings. The second-order valence-electron chi connectivity index (χ2n) is 3.08. The van der Waals surface area contributed by atoms with Crippen molar-refractivity contribution in [2.24, 2.45) is 0 Å². The first-order chi connectivity index (χ1) is 7.65. The Balaban J connectivity index is 2.24. The van der Waals surface area contributed by atoms with E-state index < -0.39 is 0 Å². The average molecular weight is 255 g/mol. The second-order valence-corrected chi connectivity index (χ2v) is 3.90. The smallest absolute Gasteiger partial charge is 0.135 e. The fourth-order valence-electron chi connectivity index (χ4n) is 1.16. The van der Waals surface area contributed by atoms with Crippen molar-refractivity contribution in [1.29, 1.82) is 0 Å². The lowest BCUT2D eigenvalue weighted by molar-refractivity contribution is 1.18. The van der Waals surface area contributed by atoms with Crippen LogP contribution in [0.1, 0.15) is 0 Å². The number of nitrogen functional groups attached to an aromatic ring is 1. The van der Waals surface area contributed by atoms with Gasteiger partial charge in [0.1, 0.15) is 18.0 Å². The van der Waals surface area contributed by atoms with Gasteiger partial charge in [-0.2, -0.15) is 0 Å². The van der Waals surface area contributed by atoms with Gasteiger partial charge in [-0.3, -0.25) is 0 Å². The van der Waals surface area contributed by atoms with Gasteiger partial charge in [0, 0.05) is 11.8 Å². The zero-order valence-electron chi connectivity index (χ0n) is 8.11. The number of nitrogens with two attached hydrogens (primary N) is 1. The van der Waals surface area contributed by atoms with Crippen LogP contribution in [0.5, 0.6) is 0 Å². The van der Waals surface area contributed by atoms with Crippen LogP contribution in [0.25, 0.3) is 0 Å². The van der Waals surface area contributed by atoms with Crippen molar-refractivity contribution in [1.82, 2.24) is 9.97 Å². The van der Waals surface area contributed by atoms with E-state index in [4.69, 9.17) is 28.9 Å². The maximum Gasteiger partial charge on any atom is 0.135 e. The van der Waals surface area contributed by atoms with Crippen LogP contribution in [0.2, 0.25) is 10.0 Å². The quantitative estimate of drug-likeness (QED) is 0.865. The molecule has 0 saturated heterocycles. The second kappa shape index (κ2) is 4.55. The molecule has 1 aromatic heterocycles. The minimum absolute atomic E-state index is 0.401. The van der Waals surface area contributed by atoms with E-state index in [0.717, 1.165) is 5.69 Å². The van der Waals surface area contributed by atoms with E-state index >= 15 is 0 Å². The van der Waals surface area contributed by atoms with E-state index in [1.54, 1.807) is 24.3 Å². The predicted octanol–water partition coefficient (Wildman–Crippen LogP) is 3.11. The molecule has 82 valence electrons. The minimum Gasteiger partial charge on any atom is -0.384 e. The third kappa shape index (κ3) is 2.53. The lowest BCUT2D eigenvalue weighted by Crippen LogP contribution is -1.97. The van der Waals surface area contributed by atoms with E-state index in [1.807, 2.05) is 0 Å². The summed E-state index contributed by atoms with van der Waals surface area (Å²) in [6.45, 7) is 0. The van der Waals surface area contributed by atoms with Crippen molar-refractivity contribution in [2.75, 3.05) is 11.1 Å². The van der Waals surface area contributed by atoms with Crippen molar-refractivity contribution in [2.45, 2.75) is 0 Å². The largest absolute Gasteiger partial charge is 0.384 e. The van der Waals surface area contributed by atoms with Gasteiger partial charge in [-0.1, -0.05) is 23.2 Å². The Morgan fingerprint density at radius 3 is 2.56 bits per heavy atom. The van der Waals surface area contributed by atoms with E-state index in [2.05, 4.69) is 15.3 Å². The third-order valence-corrected chi connectivity index (χ3v) is 2.62. The van der Waals surface area contributed by atoms with Gasteiger partial charge >= 0.3 is 0 Å². The molecule has 1 heterocycles. The molecule has 0 atom stereocenters. The average Bonchev–Trinajstić information content (AvgIpc) is 2.24. The van der Waals surface area contributed by atoms with Crippen LogP contribution in [0, 0.1) is 0 Å². The van der Waals surface area contributed by atoms with Crippen molar-refractivity contribution in [3.63, 3.8) is 0 Å². The molecule has 0 saturated carbocycles. The zero-order valence-corrected chi connectivity index (χ0v) is 9.63. The summed E-state index contributed by atoms with van der Waals surface area (Å²) in [6.07, 6.45) is 1.38. The Bertz CT molecular complexity index is 516. The van der Waals surface area contributed by atoms with Gasteiger partial charge in [-0.05, 0) is 18.2 Å². The molecule has 0 spiro atoms. The summed E-state index contributed by atoms with van der Waals surface area (Å²) in [5, 5.41) is 4.03. The van der Waals surface area contributed by atoms with Gasteiger partial charge in [0.2, 0.25) is 0 Å². The SMILES string of the molecule is Nc1cc(Nc2ccc(Cl)c(Cl)c2)ncn1. The number of halogens is 2. The van der Waals surface area contributed by atoms with Crippen LogP contribution in [-0.2, 0) is 0 Å². The summed E-state index contributed by atoms with van der Waals surface area (Å²) in [7, 11) is 0. The molecule has 0 bridgehead atoms. The molecule has 0 radical (unpaired) electrons. The van der Waals surface area contributed by atoms with Gasteiger partial charge < -0.3 is 11.1 Å². The Morgan fingerprint density at radius 1 is 1.06 bits per heavy atom. The molecule has 4 nitrogen and oxygen atoms in total. The summed E-state index contributed by atoms with van der Waals surface area (Å²) in [6, 6.07) is 6.84. The number of hydrogen-bond acceptors (Lipinski definition) is 4. The predicted molar refractivity (Wildman–Crippen MR) is 66.2 cm³/mol. The first-order valence-electron chi connectivity index (χ1n) is 4.45. The van der Waals surface area contributed by atoms with Crippen molar-refractivity contribution in [3.05, 3.63) is 40.6 Å².